The van der Waals surface area contributed by atoms with Crippen molar-refractivity contribution in [2.45, 2.75) is 37.4 Å². The molecule has 1 fully saturated rings. The van der Waals surface area contributed by atoms with Crippen molar-refractivity contribution in [3.63, 3.8) is 0 Å². The van der Waals surface area contributed by atoms with Gasteiger partial charge in [0.25, 0.3) is 0 Å². The minimum Gasteiger partial charge on any atom is -0.323 e. The van der Waals surface area contributed by atoms with Crippen LogP contribution >= 0.6 is 11.8 Å². The van der Waals surface area contributed by atoms with Crippen LogP contribution in [0.15, 0.2) is 53.7 Å². The highest BCUT2D eigenvalue weighted by Crippen LogP contribution is 2.40. The van der Waals surface area contributed by atoms with Gasteiger partial charge in [-0.3, -0.25) is 4.79 Å². The van der Waals surface area contributed by atoms with E-state index in [1.54, 1.807) is 12.1 Å². The molecule has 144 valence electrons. The zero-order valence-electron chi connectivity index (χ0n) is 15.6. The molecule has 0 unspecified atom stereocenters. The van der Waals surface area contributed by atoms with E-state index in [4.69, 9.17) is 0 Å². The first-order valence-corrected chi connectivity index (χ1v) is 10.2. The SMILES string of the molecule is Cc1ccc(NC(=O)CSc2nnc(C3CC3)n2Cc2ccccc2)c(F)c1. The Morgan fingerprint density at radius 1 is 1.21 bits per heavy atom. The Kier molecular flexibility index (Phi) is 5.43. The highest BCUT2D eigenvalue weighted by molar-refractivity contribution is 7.99. The number of hydrogen-bond acceptors (Lipinski definition) is 4. The molecule has 0 atom stereocenters. The molecule has 1 aromatic heterocycles. The summed E-state index contributed by atoms with van der Waals surface area (Å²) in [6.45, 7) is 2.48. The van der Waals surface area contributed by atoms with Crippen LogP contribution in [-0.4, -0.2) is 26.4 Å². The maximum Gasteiger partial charge on any atom is 0.234 e. The van der Waals surface area contributed by atoms with Gasteiger partial charge in [0.05, 0.1) is 18.0 Å². The van der Waals surface area contributed by atoms with Gasteiger partial charge in [-0.1, -0.05) is 48.2 Å². The molecule has 0 radical (unpaired) electrons. The number of thioether (sulfide) groups is 1. The first kappa shape index (κ1) is 18.7. The minimum absolute atomic E-state index is 0.144. The summed E-state index contributed by atoms with van der Waals surface area (Å²) in [4.78, 5) is 12.3. The molecule has 28 heavy (non-hydrogen) atoms. The fraction of sp³-hybridized carbons (Fsp3) is 0.286. The molecule has 1 heterocycles. The Labute approximate surface area is 167 Å². The molecule has 1 N–H and O–H groups in total. The number of halogens is 1. The van der Waals surface area contributed by atoms with Crippen molar-refractivity contribution in [1.29, 1.82) is 0 Å². The highest BCUT2D eigenvalue weighted by atomic mass is 32.2. The summed E-state index contributed by atoms with van der Waals surface area (Å²) in [7, 11) is 0. The second-order valence-corrected chi connectivity index (χ2v) is 7.95. The van der Waals surface area contributed by atoms with Crippen LogP contribution in [0.5, 0.6) is 0 Å². The predicted molar refractivity (Wildman–Crippen MR) is 108 cm³/mol. The summed E-state index contributed by atoms with van der Waals surface area (Å²) < 4.78 is 16.0. The molecule has 2 aromatic carbocycles. The van der Waals surface area contributed by atoms with E-state index in [-0.39, 0.29) is 17.3 Å². The maximum absolute atomic E-state index is 13.9. The normalized spacial score (nSPS) is 13.5. The molecule has 3 aromatic rings. The van der Waals surface area contributed by atoms with Gasteiger partial charge in [0.15, 0.2) is 5.16 Å². The molecule has 0 saturated heterocycles. The average Bonchev–Trinajstić information content (AvgIpc) is 3.45. The van der Waals surface area contributed by atoms with Gasteiger partial charge in [-0.25, -0.2) is 4.39 Å². The van der Waals surface area contributed by atoms with Crippen molar-refractivity contribution in [2.24, 2.45) is 0 Å². The standard InChI is InChI=1S/C21H21FN4OS/c1-14-7-10-18(17(22)11-14)23-19(27)13-28-21-25-24-20(16-8-9-16)26(21)12-15-5-3-2-4-6-15/h2-7,10-11,16H,8-9,12-13H2,1H3,(H,23,27). The van der Waals surface area contributed by atoms with Crippen molar-refractivity contribution >= 4 is 23.4 Å². The van der Waals surface area contributed by atoms with Crippen LogP contribution < -0.4 is 5.32 Å². The summed E-state index contributed by atoms with van der Waals surface area (Å²) in [5.41, 5.74) is 2.17. The van der Waals surface area contributed by atoms with E-state index in [2.05, 4.69) is 32.2 Å². The van der Waals surface area contributed by atoms with Crippen LogP contribution in [-0.2, 0) is 11.3 Å². The van der Waals surface area contributed by atoms with Crippen LogP contribution in [0, 0.1) is 12.7 Å². The summed E-state index contributed by atoms with van der Waals surface area (Å²) in [6.07, 6.45) is 2.26. The number of rotatable bonds is 7. The van der Waals surface area contributed by atoms with Gasteiger partial charge < -0.3 is 9.88 Å². The molecule has 1 aliphatic rings. The number of carbonyl (C=O) groups excluding carboxylic acids is 1. The molecular formula is C21H21FN4OS. The van der Waals surface area contributed by atoms with E-state index in [0.717, 1.165) is 29.8 Å². The smallest absolute Gasteiger partial charge is 0.234 e. The van der Waals surface area contributed by atoms with E-state index in [9.17, 15) is 9.18 Å². The number of aryl methyl sites for hydroxylation is 1. The molecule has 5 nitrogen and oxygen atoms in total. The van der Waals surface area contributed by atoms with Gasteiger partial charge in [-0.15, -0.1) is 10.2 Å². The third-order valence-electron chi connectivity index (χ3n) is 4.60. The first-order valence-electron chi connectivity index (χ1n) is 9.26. The summed E-state index contributed by atoms with van der Waals surface area (Å²) in [6, 6.07) is 14.9. The number of amides is 1. The van der Waals surface area contributed by atoms with Gasteiger partial charge in [-0.05, 0) is 43.0 Å². The van der Waals surface area contributed by atoms with Crippen molar-refractivity contribution in [2.75, 3.05) is 11.1 Å². The van der Waals surface area contributed by atoms with E-state index < -0.39 is 5.82 Å². The van der Waals surface area contributed by atoms with E-state index >= 15 is 0 Å². The van der Waals surface area contributed by atoms with Crippen LogP contribution in [0.2, 0.25) is 0 Å². The topological polar surface area (TPSA) is 59.8 Å². The Hall–Kier alpha value is -2.67. The molecule has 1 aliphatic carbocycles. The van der Waals surface area contributed by atoms with Crippen LogP contribution in [0.1, 0.15) is 35.7 Å². The fourth-order valence-electron chi connectivity index (χ4n) is 3.00. The molecular weight excluding hydrogens is 375 g/mol. The summed E-state index contributed by atoms with van der Waals surface area (Å²) in [5.74, 6) is 0.888. The monoisotopic (exact) mass is 396 g/mol. The Morgan fingerprint density at radius 3 is 2.71 bits per heavy atom. The highest BCUT2D eigenvalue weighted by Gasteiger charge is 2.30. The van der Waals surface area contributed by atoms with Crippen molar-refractivity contribution < 1.29 is 9.18 Å². The maximum atomic E-state index is 13.9. The zero-order valence-corrected chi connectivity index (χ0v) is 16.4. The molecule has 7 heteroatoms. The lowest BCUT2D eigenvalue weighted by Crippen LogP contribution is -2.16. The van der Waals surface area contributed by atoms with Crippen LogP contribution in [0.25, 0.3) is 0 Å². The van der Waals surface area contributed by atoms with E-state index in [0.29, 0.717) is 17.6 Å². The number of anilines is 1. The summed E-state index contributed by atoms with van der Waals surface area (Å²) >= 11 is 1.32. The van der Waals surface area contributed by atoms with Crippen molar-refractivity contribution in [3.05, 3.63) is 71.3 Å². The van der Waals surface area contributed by atoms with Crippen molar-refractivity contribution in [1.82, 2.24) is 14.8 Å². The average molecular weight is 396 g/mol. The molecule has 1 amide bonds. The minimum atomic E-state index is -0.429. The number of hydrogen-bond donors (Lipinski definition) is 1. The third-order valence-corrected chi connectivity index (χ3v) is 5.57. The van der Waals surface area contributed by atoms with Gasteiger partial charge >= 0.3 is 0 Å². The van der Waals surface area contributed by atoms with E-state index in [1.807, 2.05) is 25.1 Å². The second kappa shape index (κ2) is 8.14. The molecule has 0 bridgehead atoms. The van der Waals surface area contributed by atoms with Crippen LogP contribution in [0.3, 0.4) is 0 Å². The lowest BCUT2D eigenvalue weighted by molar-refractivity contribution is -0.113. The second-order valence-electron chi connectivity index (χ2n) is 7.01. The van der Waals surface area contributed by atoms with Gasteiger partial charge in [0.1, 0.15) is 11.6 Å². The van der Waals surface area contributed by atoms with Crippen LogP contribution in [0.4, 0.5) is 10.1 Å². The van der Waals surface area contributed by atoms with E-state index in [1.165, 1.54) is 17.8 Å². The molecule has 0 aliphatic heterocycles. The number of benzene rings is 2. The fourth-order valence-corrected chi connectivity index (χ4v) is 3.75. The number of aromatic nitrogens is 3. The first-order chi connectivity index (χ1) is 13.6. The lowest BCUT2D eigenvalue weighted by Gasteiger charge is -2.10. The number of carbonyl (C=O) groups is 1. The lowest BCUT2D eigenvalue weighted by atomic mass is 10.2. The molecule has 0 spiro atoms. The number of nitrogens with one attached hydrogen (secondary N) is 1. The molecule has 4 rings (SSSR count). The number of nitrogens with zero attached hydrogens (tertiary/aromatic N) is 3. The summed E-state index contributed by atoms with van der Waals surface area (Å²) in [5, 5.41) is 12.0. The Morgan fingerprint density at radius 2 is 2.00 bits per heavy atom. The zero-order chi connectivity index (χ0) is 19.5. The van der Waals surface area contributed by atoms with Gasteiger partial charge in [0.2, 0.25) is 5.91 Å². The van der Waals surface area contributed by atoms with Crippen molar-refractivity contribution in [3.8, 4) is 0 Å². The quantitative estimate of drug-likeness (QED) is 0.602. The predicted octanol–water partition coefficient (Wildman–Crippen LogP) is 4.38. The van der Waals surface area contributed by atoms with Gasteiger partial charge in [0, 0.05) is 5.92 Å². The Balaban J connectivity index is 1.45. The Bertz CT molecular complexity index is 985. The largest absolute Gasteiger partial charge is 0.323 e. The van der Waals surface area contributed by atoms with Gasteiger partial charge in [-0.2, -0.15) is 0 Å². The third kappa shape index (κ3) is 4.42. The molecule has 1 saturated carbocycles.